The summed E-state index contributed by atoms with van der Waals surface area (Å²) in [4.78, 5) is 20.9. The van der Waals surface area contributed by atoms with Crippen molar-refractivity contribution in [1.82, 2.24) is 19.7 Å². The molecule has 1 aromatic carbocycles. The van der Waals surface area contributed by atoms with Crippen molar-refractivity contribution in [1.29, 1.82) is 0 Å². The lowest BCUT2D eigenvalue weighted by atomic mass is 9.94. The molecule has 1 aliphatic heterocycles. The normalized spacial score (nSPS) is 16.7. The van der Waals surface area contributed by atoms with Crippen LogP contribution in [-0.4, -0.2) is 32.8 Å². The number of benzene rings is 1. The van der Waals surface area contributed by atoms with Crippen molar-refractivity contribution in [3.63, 3.8) is 0 Å². The minimum atomic E-state index is -0.402. The molecule has 3 aromatic rings. The smallest absolute Gasteiger partial charge is 0.338 e. The van der Waals surface area contributed by atoms with E-state index >= 15 is 0 Å². The van der Waals surface area contributed by atoms with Crippen molar-refractivity contribution in [3.05, 3.63) is 59.7 Å². The molecule has 0 aliphatic carbocycles. The second kappa shape index (κ2) is 5.45. The SMILES string of the molecule is COC(=O)C1=C(C)Nc2ncnn2[C@H]1c1ccc2ncccc2c1. The van der Waals surface area contributed by atoms with Crippen molar-refractivity contribution in [2.75, 3.05) is 12.4 Å². The number of hydrogen-bond donors (Lipinski definition) is 1. The zero-order chi connectivity index (χ0) is 16.7. The molecule has 7 heteroatoms. The summed E-state index contributed by atoms with van der Waals surface area (Å²) in [5.41, 5.74) is 3.04. The van der Waals surface area contributed by atoms with E-state index in [9.17, 15) is 4.79 Å². The summed E-state index contributed by atoms with van der Waals surface area (Å²) in [6, 6.07) is 9.38. The number of hydrogen-bond acceptors (Lipinski definition) is 6. The van der Waals surface area contributed by atoms with E-state index in [1.807, 2.05) is 37.3 Å². The highest BCUT2D eigenvalue weighted by Crippen LogP contribution is 2.35. The molecule has 0 spiro atoms. The van der Waals surface area contributed by atoms with Crippen LogP contribution in [0.15, 0.2) is 54.1 Å². The van der Waals surface area contributed by atoms with Gasteiger partial charge in [0, 0.05) is 17.3 Å². The summed E-state index contributed by atoms with van der Waals surface area (Å²) in [5.74, 6) is 0.203. The fourth-order valence-electron chi connectivity index (χ4n) is 3.04. The molecule has 4 rings (SSSR count). The van der Waals surface area contributed by atoms with Crippen LogP contribution in [0, 0.1) is 0 Å². The van der Waals surface area contributed by atoms with Crippen LogP contribution in [-0.2, 0) is 9.53 Å². The Hall–Kier alpha value is -3.22. The van der Waals surface area contributed by atoms with Gasteiger partial charge in [-0.2, -0.15) is 10.1 Å². The van der Waals surface area contributed by atoms with Crippen LogP contribution in [0.3, 0.4) is 0 Å². The summed E-state index contributed by atoms with van der Waals surface area (Å²) < 4.78 is 6.67. The van der Waals surface area contributed by atoms with Gasteiger partial charge in [-0.1, -0.05) is 12.1 Å². The van der Waals surface area contributed by atoms with Gasteiger partial charge in [-0.15, -0.1) is 0 Å². The van der Waals surface area contributed by atoms with E-state index in [1.54, 1.807) is 10.9 Å². The molecule has 24 heavy (non-hydrogen) atoms. The molecule has 0 radical (unpaired) electrons. The molecule has 2 aromatic heterocycles. The summed E-state index contributed by atoms with van der Waals surface area (Å²) in [6.07, 6.45) is 3.22. The average molecular weight is 321 g/mol. The van der Waals surface area contributed by atoms with E-state index in [0.717, 1.165) is 16.5 Å². The number of esters is 1. The second-order valence-corrected chi connectivity index (χ2v) is 5.54. The van der Waals surface area contributed by atoms with Gasteiger partial charge >= 0.3 is 5.97 Å². The molecule has 0 bridgehead atoms. The molecule has 0 saturated carbocycles. The van der Waals surface area contributed by atoms with Gasteiger partial charge in [0.15, 0.2) is 0 Å². The number of anilines is 1. The van der Waals surface area contributed by atoms with Gasteiger partial charge in [0.05, 0.1) is 18.2 Å². The average Bonchev–Trinajstić information content (AvgIpc) is 3.07. The number of methoxy groups -OCH3 is 1. The number of fused-ring (bicyclic) bond motifs is 2. The number of aromatic nitrogens is 4. The van der Waals surface area contributed by atoms with Crippen LogP contribution in [0.25, 0.3) is 10.9 Å². The molecule has 3 heterocycles. The van der Waals surface area contributed by atoms with Crippen LogP contribution in [0.2, 0.25) is 0 Å². The number of nitrogens with zero attached hydrogens (tertiary/aromatic N) is 4. The van der Waals surface area contributed by atoms with Crippen molar-refractivity contribution < 1.29 is 9.53 Å². The number of allylic oxidation sites excluding steroid dienone is 1. The highest BCUT2D eigenvalue weighted by Gasteiger charge is 2.34. The van der Waals surface area contributed by atoms with E-state index in [2.05, 4.69) is 20.4 Å². The Morgan fingerprint density at radius 1 is 1.29 bits per heavy atom. The lowest BCUT2D eigenvalue weighted by molar-refractivity contribution is -0.136. The van der Waals surface area contributed by atoms with E-state index in [0.29, 0.717) is 17.2 Å². The standard InChI is InChI=1S/C17H15N5O2/c1-10-14(16(23)24-2)15(22-17(21-10)19-9-20-22)12-5-6-13-11(8-12)4-3-7-18-13/h3-9,15H,1-2H3,(H,19,20,21)/t15-/m0/s1. The Labute approximate surface area is 138 Å². The van der Waals surface area contributed by atoms with E-state index in [4.69, 9.17) is 4.74 Å². The third-order valence-electron chi connectivity index (χ3n) is 4.14. The van der Waals surface area contributed by atoms with Gasteiger partial charge < -0.3 is 10.1 Å². The number of pyridine rings is 1. The number of nitrogens with one attached hydrogen (secondary N) is 1. The summed E-state index contributed by atoms with van der Waals surface area (Å²) in [6.45, 7) is 1.83. The first-order valence-electron chi connectivity index (χ1n) is 7.49. The molecule has 0 unspecified atom stereocenters. The van der Waals surface area contributed by atoms with Gasteiger partial charge in [0.25, 0.3) is 0 Å². The quantitative estimate of drug-likeness (QED) is 0.729. The first kappa shape index (κ1) is 14.4. The first-order valence-corrected chi connectivity index (χ1v) is 7.49. The van der Waals surface area contributed by atoms with Crippen molar-refractivity contribution in [2.45, 2.75) is 13.0 Å². The molecule has 1 aliphatic rings. The van der Waals surface area contributed by atoms with Crippen molar-refractivity contribution in [2.24, 2.45) is 0 Å². The zero-order valence-corrected chi connectivity index (χ0v) is 13.2. The number of rotatable bonds is 2. The zero-order valence-electron chi connectivity index (χ0n) is 13.2. The van der Waals surface area contributed by atoms with Gasteiger partial charge in [0.2, 0.25) is 5.95 Å². The Balaban J connectivity index is 1.93. The van der Waals surface area contributed by atoms with E-state index in [-0.39, 0.29) is 0 Å². The van der Waals surface area contributed by atoms with Crippen LogP contribution in [0.1, 0.15) is 18.5 Å². The predicted octanol–water partition coefficient (Wildman–Crippen LogP) is 2.29. The molecule has 0 amide bonds. The van der Waals surface area contributed by atoms with Gasteiger partial charge in [-0.3, -0.25) is 4.98 Å². The molecule has 7 nitrogen and oxygen atoms in total. The lowest BCUT2D eigenvalue weighted by Crippen LogP contribution is -2.29. The largest absolute Gasteiger partial charge is 0.466 e. The molecular formula is C17H15N5O2. The molecule has 120 valence electrons. The number of carbonyl (C=O) groups is 1. The van der Waals surface area contributed by atoms with Gasteiger partial charge in [-0.05, 0) is 30.7 Å². The number of carbonyl (C=O) groups excluding carboxylic acids is 1. The second-order valence-electron chi connectivity index (χ2n) is 5.54. The third kappa shape index (κ3) is 2.13. The maximum Gasteiger partial charge on any atom is 0.338 e. The van der Waals surface area contributed by atoms with E-state index in [1.165, 1.54) is 13.4 Å². The Morgan fingerprint density at radius 2 is 2.17 bits per heavy atom. The predicted molar refractivity (Wildman–Crippen MR) is 88.2 cm³/mol. The minimum Gasteiger partial charge on any atom is -0.466 e. The fourth-order valence-corrected chi connectivity index (χ4v) is 3.04. The molecular weight excluding hydrogens is 306 g/mol. The van der Waals surface area contributed by atoms with Crippen LogP contribution >= 0.6 is 0 Å². The van der Waals surface area contributed by atoms with Gasteiger partial charge in [-0.25, -0.2) is 9.48 Å². The first-order chi connectivity index (χ1) is 11.7. The van der Waals surface area contributed by atoms with E-state index < -0.39 is 12.0 Å². The van der Waals surface area contributed by atoms with Crippen molar-refractivity contribution in [3.8, 4) is 0 Å². The van der Waals surface area contributed by atoms with Crippen LogP contribution in [0.5, 0.6) is 0 Å². The van der Waals surface area contributed by atoms with Gasteiger partial charge in [0.1, 0.15) is 12.4 Å². The maximum atomic E-state index is 12.4. The summed E-state index contributed by atoms with van der Waals surface area (Å²) in [5, 5.41) is 8.38. The van der Waals surface area contributed by atoms with Crippen LogP contribution in [0.4, 0.5) is 5.95 Å². The summed E-state index contributed by atoms with van der Waals surface area (Å²) in [7, 11) is 1.38. The molecule has 0 fully saturated rings. The monoisotopic (exact) mass is 321 g/mol. The minimum absolute atomic E-state index is 0.391. The molecule has 1 atom stereocenters. The fraction of sp³-hybridized carbons (Fsp3) is 0.176. The third-order valence-corrected chi connectivity index (χ3v) is 4.14. The Bertz CT molecular complexity index is 976. The number of ether oxygens (including phenoxy) is 1. The molecule has 0 saturated heterocycles. The topological polar surface area (TPSA) is 81.9 Å². The van der Waals surface area contributed by atoms with Crippen LogP contribution < -0.4 is 5.32 Å². The summed E-state index contributed by atoms with van der Waals surface area (Å²) >= 11 is 0. The molecule has 1 N–H and O–H groups in total. The highest BCUT2D eigenvalue weighted by molar-refractivity contribution is 5.92. The highest BCUT2D eigenvalue weighted by atomic mass is 16.5. The lowest BCUT2D eigenvalue weighted by Gasteiger charge is -2.28. The Morgan fingerprint density at radius 3 is 3.00 bits per heavy atom. The maximum absolute atomic E-state index is 12.4. The van der Waals surface area contributed by atoms with Crippen molar-refractivity contribution >= 4 is 22.8 Å². The Kier molecular flexibility index (Phi) is 3.26.